The number of hydrogen-bond acceptors (Lipinski definition) is 3. The number of halogens is 1. The van der Waals surface area contributed by atoms with Crippen LogP contribution in [-0.2, 0) is 4.79 Å². The van der Waals surface area contributed by atoms with E-state index in [-0.39, 0.29) is 18.5 Å². The van der Waals surface area contributed by atoms with Crippen molar-refractivity contribution in [2.45, 2.75) is 19.4 Å². The Hall–Kier alpha value is -1.38. The molecule has 0 saturated heterocycles. The minimum atomic E-state index is -0.0887. The molecule has 0 aliphatic rings. The molecule has 1 rings (SSSR count). The summed E-state index contributed by atoms with van der Waals surface area (Å²) >= 11 is 3.37. The van der Waals surface area contributed by atoms with E-state index in [0.717, 1.165) is 10.2 Å². The van der Waals surface area contributed by atoms with Crippen LogP contribution in [0.5, 0.6) is 0 Å². The van der Waals surface area contributed by atoms with Crippen molar-refractivity contribution in [3.63, 3.8) is 0 Å². The molecule has 0 spiro atoms. The van der Waals surface area contributed by atoms with Crippen LogP contribution in [0.15, 0.2) is 28.7 Å². The molecule has 0 radical (unpaired) electrons. The van der Waals surface area contributed by atoms with Crippen LogP contribution in [0.1, 0.15) is 13.3 Å². The molecule has 1 atom stereocenters. The Morgan fingerprint density at radius 1 is 1.56 bits per heavy atom. The molecule has 5 heteroatoms. The third-order valence-corrected chi connectivity index (χ3v) is 3.37. The molecule has 1 N–H and O–H groups in total. The molecular weight excluding hydrogens is 294 g/mol. The second-order valence-corrected chi connectivity index (χ2v) is 5.01. The Bertz CT molecular complexity index is 456. The number of likely N-dealkylation sites (N-methyl/N-ethyl adjacent to an activating group) is 1. The lowest BCUT2D eigenvalue weighted by atomic mass is 10.2. The lowest BCUT2D eigenvalue weighted by Crippen LogP contribution is -2.36. The van der Waals surface area contributed by atoms with Gasteiger partial charge in [-0.2, -0.15) is 5.26 Å². The molecule has 4 nitrogen and oxygen atoms in total. The van der Waals surface area contributed by atoms with E-state index >= 15 is 0 Å². The molecule has 96 valence electrons. The highest BCUT2D eigenvalue weighted by Crippen LogP contribution is 2.21. The lowest BCUT2D eigenvalue weighted by Gasteiger charge is -2.21. The first kappa shape index (κ1) is 14.7. The van der Waals surface area contributed by atoms with Crippen LogP contribution in [0, 0.1) is 11.3 Å². The van der Waals surface area contributed by atoms with Crippen LogP contribution in [0.25, 0.3) is 0 Å². The zero-order valence-corrected chi connectivity index (χ0v) is 12.1. The molecule has 1 aromatic carbocycles. The molecule has 0 aliphatic heterocycles. The minimum Gasteiger partial charge on any atom is -0.324 e. The summed E-state index contributed by atoms with van der Waals surface area (Å²) in [5.41, 5.74) is 0.754. The standard InChI is InChI=1S/C13H16BrN3O/c1-10(7-8-15)17(2)9-13(18)16-12-6-4-3-5-11(12)14/h3-6,10H,7,9H2,1-2H3,(H,16,18). The fourth-order valence-corrected chi connectivity index (χ4v) is 1.81. The number of amides is 1. The molecule has 1 amide bonds. The number of carbonyl (C=O) groups excluding carboxylic acids is 1. The van der Waals surface area contributed by atoms with Gasteiger partial charge in [-0.3, -0.25) is 9.69 Å². The van der Waals surface area contributed by atoms with Gasteiger partial charge in [0.2, 0.25) is 5.91 Å². The normalized spacial score (nSPS) is 11.9. The first-order chi connectivity index (χ1) is 8.54. The molecule has 18 heavy (non-hydrogen) atoms. The Morgan fingerprint density at radius 2 is 2.22 bits per heavy atom. The van der Waals surface area contributed by atoms with E-state index in [2.05, 4.69) is 27.3 Å². The highest BCUT2D eigenvalue weighted by atomic mass is 79.9. The largest absolute Gasteiger partial charge is 0.324 e. The topological polar surface area (TPSA) is 56.1 Å². The fraction of sp³-hybridized carbons (Fsp3) is 0.385. The van der Waals surface area contributed by atoms with Gasteiger partial charge in [-0.25, -0.2) is 0 Å². The zero-order chi connectivity index (χ0) is 13.5. The summed E-state index contributed by atoms with van der Waals surface area (Å²) in [6.07, 6.45) is 0.415. The zero-order valence-electron chi connectivity index (χ0n) is 10.5. The van der Waals surface area contributed by atoms with Gasteiger partial charge in [0.1, 0.15) is 0 Å². The Morgan fingerprint density at radius 3 is 2.83 bits per heavy atom. The van der Waals surface area contributed by atoms with E-state index in [9.17, 15) is 4.79 Å². The molecule has 0 fully saturated rings. The van der Waals surface area contributed by atoms with Gasteiger partial charge in [0.15, 0.2) is 0 Å². The molecule has 0 aromatic heterocycles. The Labute approximate surface area is 116 Å². The van der Waals surface area contributed by atoms with Gasteiger partial charge >= 0.3 is 0 Å². The third-order valence-electron chi connectivity index (χ3n) is 2.68. The quantitative estimate of drug-likeness (QED) is 0.909. The van der Waals surface area contributed by atoms with Crippen LogP contribution in [-0.4, -0.2) is 30.4 Å². The molecule has 0 aliphatic carbocycles. The maximum atomic E-state index is 11.8. The monoisotopic (exact) mass is 309 g/mol. The van der Waals surface area contributed by atoms with Gasteiger partial charge in [0.25, 0.3) is 0 Å². The van der Waals surface area contributed by atoms with E-state index < -0.39 is 0 Å². The van der Waals surface area contributed by atoms with Crippen molar-refractivity contribution in [2.24, 2.45) is 0 Å². The predicted molar refractivity (Wildman–Crippen MR) is 75.1 cm³/mol. The van der Waals surface area contributed by atoms with E-state index in [1.165, 1.54) is 0 Å². The van der Waals surface area contributed by atoms with E-state index in [1.807, 2.05) is 43.1 Å². The van der Waals surface area contributed by atoms with Gasteiger partial charge in [-0.15, -0.1) is 0 Å². The van der Waals surface area contributed by atoms with Crippen LogP contribution < -0.4 is 5.32 Å². The highest BCUT2D eigenvalue weighted by molar-refractivity contribution is 9.10. The Balaban J connectivity index is 2.52. The number of hydrogen-bond donors (Lipinski definition) is 1. The third kappa shape index (κ3) is 4.47. The Kier molecular flexibility index (Phi) is 5.83. The van der Waals surface area contributed by atoms with Crippen molar-refractivity contribution in [3.8, 4) is 6.07 Å². The fourth-order valence-electron chi connectivity index (χ4n) is 1.42. The van der Waals surface area contributed by atoms with Crippen LogP contribution >= 0.6 is 15.9 Å². The van der Waals surface area contributed by atoms with Gasteiger partial charge in [-0.05, 0) is 42.0 Å². The summed E-state index contributed by atoms with van der Waals surface area (Å²) < 4.78 is 0.853. The van der Waals surface area contributed by atoms with E-state index in [0.29, 0.717) is 6.42 Å². The summed E-state index contributed by atoms with van der Waals surface area (Å²) in [7, 11) is 1.83. The number of rotatable bonds is 5. The summed E-state index contributed by atoms with van der Waals surface area (Å²) in [5, 5.41) is 11.4. The number of nitriles is 1. The summed E-state index contributed by atoms with van der Waals surface area (Å²) in [5.74, 6) is -0.0887. The first-order valence-electron chi connectivity index (χ1n) is 5.66. The molecule has 0 heterocycles. The number of nitrogens with one attached hydrogen (secondary N) is 1. The number of carbonyl (C=O) groups is 1. The molecular formula is C13H16BrN3O. The average molecular weight is 310 g/mol. The second-order valence-electron chi connectivity index (χ2n) is 4.15. The molecule has 0 bridgehead atoms. The minimum absolute atomic E-state index is 0.0694. The van der Waals surface area contributed by atoms with Crippen molar-refractivity contribution in [1.29, 1.82) is 5.26 Å². The SMILES string of the molecule is CC(CC#N)N(C)CC(=O)Nc1ccccc1Br. The van der Waals surface area contributed by atoms with Crippen LogP contribution in [0.2, 0.25) is 0 Å². The summed E-state index contributed by atoms with van der Waals surface area (Å²) in [4.78, 5) is 13.7. The van der Waals surface area contributed by atoms with Gasteiger partial charge in [0.05, 0.1) is 24.7 Å². The molecule has 1 unspecified atom stereocenters. The van der Waals surface area contributed by atoms with E-state index in [4.69, 9.17) is 5.26 Å². The van der Waals surface area contributed by atoms with Gasteiger partial charge < -0.3 is 5.32 Å². The second kappa shape index (κ2) is 7.14. The molecule has 1 aromatic rings. The van der Waals surface area contributed by atoms with E-state index in [1.54, 1.807) is 0 Å². The number of anilines is 1. The summed E-state index contributed by atoms with van der Waals surface area (Å²) in [6, 6.07) is 9.63. The van der Waals surface area contributed by atoms with Crippen LogP contribution in [0.3, 0.4) is 0 Å². The van der Waals surface area contributed by atoms with Gasteiger partial charge in [0, 0.05) is 10.5 Å². The predicted octanol–water partition coefficient (Wildman–Crippen LogP) is 2.62. The van der Waals surface area contributed by atoms with Crippen molar-refractivity contribution < 1.29 is 4.79 Å². The van der Waals surface area contributed by atoms with Gasteiger partial charge in [-0.1, -0.05) is 12.1 Å². The van der Waals surface area contributed by atoms with Crippen molar-refractivity contribution in [2.75, 3.05) is 18.9 Å². The number of para-hydroxylation sites is 1. The summed E-state index contributed by atoms with van der Waals surface area (Å²) in [6.45, 7) is 2.19. The van der Waals surface area contributed by atoms with Crippen molar-refractivity contribution in [1.82, 2.24) is 4.90 Å². The highest BCUT2D eigenvalue weighted by Gasteiger charge is 2.13. The van der Waals surface area contributed by atoms with Crippen molar-refractivity contribution >= 4 is 27.5 Å². The average Bonchev–Trinajstić information content (AvgIpc) is 2.32. The number of nitrogens with zero attached hydrogens (tertiary/aromatic N) is 2. The smallest absolute Gasteiger partial charge is 0.238 e. The maximum Gasteiger partial charge on any atom is 0.238 e. The maximum absolute atomic E-state index is 11.8. The lowest BCUT2D eigenvalue weighted by molar-refractivity contribution is -0.117. The van der Waals surface area contributed by atoms with Crippen LogP contribution in [0.4, 0.5) is 5.69 Å². The van der Waals surface area contributed by atoms with Crippen molar-refractivity contribution in [3.05, 3.63) is 28.7 Å². The number of benzene rings is 1. The first-order valence-corrected chi connectivity index (χ1v) is 6.45. The molecule has 0 saturated carbocycles.